The Hall–Kier alpha value is -3.68. The molecule has 40 heavy (non-hydrogen) atoms. The van der Waals surface area contributed by atoms with Gasteiger partial charge in [-0.15, -0.1) is 0 Å². The molecule has 0 spiro atoms. The van der Waals surface area contributed by atoms with Gasteiger partial charge in [-0.1, -0.05) is 6.07 Å². The fourth-order valence-electron chi connectivity index (χ4n) is 4.41. The molecule has 1 fully saturated rings. The molecule has 1 aromatic carbocycles. The molecule has 0 bridgehead atoms. The van der Waals surface area contributed by atoms with E-state index in [9.17, 15) is 14.4 Å². The minimum Gasteiger partial charge on any atom is -0.493 e. The molecule has 1 saturated heterocycles. The Balaban J connectivity index is 0.000000366. The van der Waals surface area contributed by atoms with E-state index in [4.69, 9.17) is 34.6 Å². The maximum Gasteiger partial charge on any atom is 0.336 e. The zero-order valence-corrected chi connectivity index (χ0v) is 23.3. The first-order valence-corrected chi connectivity index (χ1v) is 12.9. The number of carboxylic acid groups (broad SMARTS) is 3. The fraction of sp³-hybridized carbons (Fsp3) is 0.556. The summed E-state index contributed by atoms with van der Waals surface area (Å²) in [6.45, 7) is 8.65. The van der Waals surface area contributed by atoms with Gasteiger partial charge in [-0.2, -0.15) is 5.10 Å². The number of methoxy groups -OCH3 is 2. The quantitative estimate of drug-likeness (QED) is 0.262. The number of aliphatic hydroxyl groups is 1. The second-order valence-electron chi connectivity index (χ2n) is 9.54. The van der Waals surface area contributed by atoms with Gasteiger partial charge in [0.2, 0.25) is 0 Å². The topological polar surface area (TPSA) is 181 Å². The molecule has 0 radical (unpaired) electrons. The average molecular weight is 566 g/mol. The van der Waals surface area contributed by atoms with Crippen LogP contribution in [0.3, 0.4) is 0 Å². The Labute approximate surface area is 232 Å². The number of aliphatic carboxylic acids is 3. The Morgan fingerprint density at radius 1 is 1.10 bits per heavy atom. The summed E-state index contributed by atoms with van der Waals surface area (Å²) in [6.07, 6.45) is 2.31. The summed E-state index contributed by atoms with van der Waals surface area (Å²) in [4.78, 5) is 32.9. The molecule has 0 amide bonds. The van der Waals surface area contributed by atoms with E-state index < -0.39 is 36.4 Å². The second kappa shape index (κ2) is 15.2. The van der Waals surface area contributed by atoms with Crippen molar-refractivity contribution >= 4 is 17.9 Å². The van der Waals surface area contributed by atoms with Crippen molar-refractivity contribution in [1.29, 1.82) is 0 Å². The monoisotopic (exact) mass is 565 g/mol. The highest BCUT2D eigenvalue weighted by molar-refractivity contribution is 5.88. The molecule has 1 unspecified atom stereocenters. The number of carboxylic acids is 3. The van der Waals surface area contributed by atoms with Crippen LogP contribution in [-0.2, 0) is 38.8 Å². The first-order chi connectivity index (χ1) is 18.9. The number of hydrogen-bond donors (Lipinski definition) is 4. The minimum atomic E-state index is -2.74. The second-order valence-corrected chi connectivity index (χ2v) is 9.54. The average Bonchev–Trinajstić information content (AvgIpc) is 3.52. The summed E-state index contributed by atoms with van der Waals surface area (Å²) in [5.74, 6) is -3.50. The molecule has 1 aliphatic heterocycles. The van der Waals surface area contributed by atoms with Crippen LogP contribution < -0.4 is 9.47 Å². The Morgan fingerprint density at radius 2 is 1.75 bits per heavy atom. The Bertz CT molecular complexity index is 1130. The van der Waals surface area contributed by atoms with Crippen molar-refractivity contribution in [2.24, 2.45) is 0 Å². The van der Waals surface area contributed by atoms with Crippen LogP contribution in [0.25, 0.3) is 0 Å². The molecule has 0 aliphatic carbocycles. The molecule has 3 rings (SSSR count). The van der Waals surface area contributed by atoms with Crippen molar-refractivity contribution in [3.8, 4) is 11.5 Å². The van der Waals surface area contributed by atoms with Gasteiger partial charge in [0.25, 0.3) is 0 Å². The zero-order chi connectivity index (χ0) is 29.9. The number of ether oxygens (including phenoxy) is 3. The van der Waals surface area contributed by atoms with E-state index in [1.54, 1.807) is 14.2 Å². The van der Waals surface area contributed by atoms with Crippen molar-refractivity contribution in [1.82, 2.24) is 14.7 Å². The first-order valence-electron chi connectivity index (χ1n) is 12.9. The molecule has 1 aromatic heterocycles. The lowest BCUT2D eigenvalue weighted by Crippen LogP contribution is -2.42. The molecule has 2 aromatic rings. The lowest BCUT2D eigenvalue weighted by atomic mass is 9.96. The van der Waals surface area contributed by atoms with Crippen LogP contribution in [0.2, 0.25) is 0 Å². The number of hydrogen-bond acceptors (Lipinski definition) is 9. The zero-order valence-electron chi connectivity index (χ0n) is 23.3. The summed E-state index contributed by atoms with van der Waals surface area (Å²) in [5.41, 5.74) is 0.973. The maximum absolute atomic E-state index is 10.3. The van der Waals surface area contributed by atoms with Gasteiger partial charge >= 0.3 is 17.9 Å². The van der Waals surface area contributed by atoms with E-state index in [0.717, 1.165) is 57.1 Å². The van der Waals surface area contributed by atoms with Gasteiger partial charge in [-0.25, -0.2) is 4.79 Å². The van der Waals surface area contributed by atoms with Gasteiger partial charge in [-0.05, 0) is 44.4 Å². The van der Waals surface area contributed by atoms with Crippen molar-refractivity contribution in [2.45, 2.75) is 70.9 Å². The van der Waals surface area contributed by atoms with Crippen LogP contribution >= 0.6 is 0 Å². The van der Waals surface area contributed by atoms with Crippen LogP contribution in [0.1, 0.15) is 49.4 Å². The van der Waals surface area contributed by atoms with E-state index in [1.807, 2.05) is 12.3 Å². The molecule has 1 atom stereocenters. The van der Waals surface area contributed by atoms with Crippen LogP contribution in [0.4, 0.5) is 0 Å². The fourth-order valence-corrected chi connectivity index (χ4v) is 4.41. The van der Waals surface area contributed by atoms with Gasteiger partial charge in [0.15, 0.2) is 17.1 Å². The lowest BCUT2D eigenvalue weighted by Gasteiger charge is -2.25. The number of carbonyl (C=O) groups is 3. The summed E-state index contributed by atoms with van der Waals surface area (Å²) >= 11 is 0. The number of rotatable bonds is 14. The normalized spacial score (nSPS) is 14.9. The Kier molecular flexibility index (Phi) is 12.4. The standard InChI is InChI=1S/C21H31N3O3.C6H8O7/c1-5-24-16(2)18(12-22-24)14-23(15-19-7-6-10-27-19)13-17-8-9-20(25-3)21(11-17)26-4;7-3(8)1-6(13,5(11)12)2-4(9)10/h8-9,11-12,19H,5-7,10,13-15H2,1-4H3;13H,1-2H2,(H,7,8)(H,9,10)(H,11,12). The molecule has 2 heterocycles. The number of benzene rings is 1. The third-order valence-corrected chi connectivity index (χ3v) is 6.52. The Morgan fingerprint density at radius 3 is 2.23 bits per heavy atom. The highest BCUT2D eigenvalue weighted by Crippen LogP contribution is 2.28. The number of aryl methyl sites for hydroxylation is 1. The molecule has 0 saturated carbocycles. The van der Waals surface area contributed by atoms with Crippen molar-refractivity contribution < 1.29 is 49.0 Å². The van der Waals surface area contributed by atoms with E-state index in [0.29, 0.717) is 6.10 Å². The van der Waals surface area contributed by atoms with E-state index in [2.05, 4.69) is 40.7 Å². The predicted octanol–water partition coefficient (Wildman–Crippen LogP) is 2.16. The van der Waals surface area contributed by atoms with E-state index in [-0.39, 0.29) is 0 Å². The van der Waals surface area contributed by atoms with Gasteiger partial charge in [-0.3, -0.25) is 19.2 Å². The SMILES string of the molecule is CCn1ncc(CN(Cc2ccc(OC)c(OC)c2)CC2CCCO2)c1C.O=C(O)CC(O)(CC(=O)O)C(=O)O. The molecule has 4 N–H and O–H groups in total. The number of nitrogens with zero attached hydrogens (tertiary/aromatic N) is 3. The minimum absolute atomic E-state index is 0.312. The molecular formula is C27H39N3O10. The van der Waals surface area contributed by atoms with Crippen molar-refractivity contribution in [2.75, 3.05) is 27.4 Å². The highest BCUT2D eigenvalue weighted by atomic mass is 16.5. The predicted molar refractivity (Wildman–Crippen MR) is 142 cm³/mol. The van der Waals surface area contributed by atoms with Gasteiger partial charge in [0, 0.05) is 44.0 Å². The van der Waals surface area contributed by atoms with Gasteiger partial charge in [0.1, 0.15) is 0 Å². The summed E-state index contributed by atoms with van der Waals surface area (Å²) in [5, 5.41) is 38.3. The molecule has 13 heteroatoms. The van der Waals surface area contributed by atoms with Crippen LogP contribution in [0.5, 0.6) is 11.5 Å². The van der Waals surface area contributed by atoms with E-state index in [1.165, 1.54) is 16.8 Å². The third kappa shape index (κ3) is 9.50. The number of aromatic nitrogens is 2. The van der Waals surface area contributed by atoms with Gasteiger partial charge < -0.3 is 34.6 Å². The largest absolute Gasteiger partial charge is 0.493 e. The first kappa shape index (κ1) is 32.5. The van der Waals surface area contributed by atoms with Crippen molar-refractivity contribution in [3.63, 3.8) is 0 Å². The maximum atomic E-state index is 10.3. The molecule has 1 aliphatic rings. The van der Waals surface area contributed by atoms with Crippen LogP contribution in [0.15, 0.2) is 24.4 Å². The molecule has 222 valence electrons. The smallest absolute Gasteiger partial charge is 0.336 e. The molecular weight excluding hydrogens is 526 g/mol. The lowest BCUT2D eigenvalue weighted by molar-refractivity contribution is -0.170. The molecule has 13 nitrogen and oxygen atoms in total. The highest BCUT2D eigenvalue weighted by Gasteiger charge is 2.40. The summed E-state index contributed by atoms with van der Waals surface area (Å²) in [6, 6.07) is 6.13. The third-order valence-electron chi connectivity index (χ3n) is 6.52. The summed E-state index contributed by atoms with van der Waals surface area (Å²) in [7, 11) is 3.34. The van der Waals surface area contributed by atoms with Crippen LogP contribution in [0, 0.1) is 6.92 Å². The van der Waals surface area contributed by atoms with Crippen molar-refractivity contribution in [3.05, 3.63) is 41.2 Å². The van der Waals surface area contributed by atoms with E-state index >= 15 is 0 Å². The van der Waals surface area contributed by atoms with Gasteiger partial charge in [0.05, 0.1) is 39.4 Å². The van der Waals surface area contributed by atoms with Crippen LogP contribution in [-0.4, -0.2) is 92.1 Å². The summed E-state index contributed by atoms with van der Waals surface area (Å²) < 4.78 is 18.8.